The summed E-state index contributed by atoms with van der Waals surface area (Å²) in [6, 6.07) is 15.6. The molecule has 0 bridgehead atoms. The highest BCUT2D eigenvalue weighted by Crippen LogP contribution is 2.22. The van der Waals surface area contributed by atoms with E-state index in [0.717, 1.165) is 21.8 Å². The summed E-state index contributed by atoms with van der Waals surface area (Å²) < 4.78 is 11.4. The molecule has 5 heteroatoms. The second-order valence-corrected chi connectivity index (χ2v) is 7.49. The average Bonchev–Trinajstić information content (AvgIpc) is 2.56. The molecule has 0 aromatic heterocycles. The summed E-state index contributed by atoms with van der Waals surface area (Å²) in [7, 11) is -0.954. The molecule has 0 saturated carbocycles. The van der Waals surface area contributed by atoms with Crippen LogP contribution in [0.25, 0.3) is 0 Å². The lowest BCUT2D eigenvalue weighted by atomic mass is 10.1. The maximum atomic E-state index is 11.7. The lowest BCUT2D eigenvalue weighted by molar-refractivity contribution is -0.118. The van der Waals surface area contributed by atoms with Gasteiger partial charge in [0.1, 0.15) is 0 Å². The van der Waals surface area contributed by atoms with Gasteiger partial charge >= 0.3 is 0 Å². The van der Waals surface area contributed by atoms with Gasteiger partial charge < -0.3 is 10.6 Å². The molecule has 4 nitrogen and oxygen atoms in total. The van der Waals surface area contributed by atoms with Crippen LogP contribution in [-0.4, -0.2) is 16.4 Å². The molecular weight excluding hydrogens is 320 g/mol. The topological polar surface area (TPSA) is 58.2 Å². The molecule has 0 fully saturated rings. The third-order valence-electron chi connectivity index (χ3n) is 3.77. The molecule has 0 spiro atoms. The van der Waals surface area contributed by atoms with E-state index in [1.165, 1.54) is 0 Å². The molecule has 0 aliphatic heterocycles. The summed E-state index contributed by atoms with van der Waals surface area (Å²) >= 11 is 0. The highest BCUT2D eigenvalue weighted by Gasteiger charge is 2.08. The van der Waals surface area contributed by atoms with E-state index in [1.807, 2.05) is 62.4 Å². The molecule has 24 heavy (non-hydrogen) atoms. The van der Waals surface area contributed by atoms with Crippen LogP contribution < -0.4 is 10.6 Å². The largest absolute Gasteiger partial charge is 0.379 e. The van der Waals surface area contributed by atoms with E-state index in [1.54, 1.807) is 6.26 Å². The summed E-state index contributed by atoms with van der Waals surface area (Å²) in [4.78, 5) is 12.5. The number of anilines is 2. The van der Waals surface area contributed by atoms with E-state index in [9.17, 15) is 9.00 Å². The van der Waals surface area contributed by atoms with Gasteiger partial charge in [0.15, 0.2) is 0 Å². The molecule has 0 aliphatic rings. The summed E-state index contributed by atoms with van der Waals surface area (Å²) in [6.07, 6.45) is 1.68. The molecule has 0 saturated heterocycles. The Morgan fingerprint density at radius 3 is 1.96 bits per heavy atom. The van der Waals surface area contributed by atoms with Crippen molar-refractivity contribution in [1.82, 2.24) is 0 Å². The summed E-state index contributed by atoms with van der Waals surface area (Å²) in [5.41, 5.74) is 2.90. The fraction of sp³-hybridized carbons (Fsp3) is 0.316. The molecule has 2 aromatic carbocycles. The third-order valence-corrected chi connectivity index (χ3v) is 4.71. The number of nitrogens with one attached hydrogen (secondary N) is 2. The Kier molecular flexibility index (Phi) is 6.15. The van der Waals surface area contributed by atoms with Gasteiger partial charge in [0.05, 0.1) is 0 Å². The zero-order chi connectivity index (χ0) is 17.7. The van der Waals surface area contributed by atoms with Crippen molar-refractivity contribution in [2.45, 2.75) is 31.7 Å². The minimum absolute atomic E-state index is 0.0116. The van der Waals surface area contributed by atoms with Crippen LogP contribution in [0.5, 0.6) is 0 Å². The van der Waals surface area contributed by atoms with Crippen LogP contribution in [-0.2, 0) is 15.6 Å². The lowest BCUT2D eigenvalue weighted by Gasteiger charge is -2.16. The monoisotopic (exact) mass is 344 g/mol. The minimum Gasteiger partial charge on any atom is -0.379 e. The van der Waals surface area contributed by atoms with Crippen LogP contribution in [0.4, 0.5) is 11.4 Å². The van der Waals surface area contributed by atoms with Gasteiger partial charge in [-0.15, -0.1) is 0 Å². The predicted molar refractivity (Wildman–Crippen MR) is 101 cm³/mol. The van der Waals surface area contributed by atoms with Crippen LogP contribution in [0.3, 0.4) is 0 Å². The van der Waals surface area contributed by atoms with Crippen molar-refractivity contribution in [3.05, 3.63) is 54.1 Å². The Balaban J connectivity index is 2.00. The Labute approximate surface area is 146 Å². The number of carbonyl (C=O) groups is 1. The molecule has 2 rings (SSSR count). The fourth-order valence-corrected chi connectivity index (χ4v) is 2.74. The van der Waals surface area contributed by atoms with Crippen molar-refractivity contribution in [2.24, 2.45) is 5.92 Å². The van der Waals surface area contributed by atoms with Gasteiger partial charge in [-0.05, 0) is 48.9 Å². The van der Waals surface area contributed by atoms with Gasteiger partial charge in [-0.3, -0.25) is 9.00 Å². The Bertz CT molecular complexity index is 709. The highest BCUT2D eigenvalue weighted by molar-refractivity contribution is 7.84. The van der Waals surface area contributed by atoms with Crippen molar-refractivity contribution in [3.8, 4) is 0 Å². The standard InChI is InChI=1S/C19H24N2O2S/c1-13(2)19(22)21-17-9-7-16(8-10-17)20-14(3)15-5-11-18(12-6-15)24(4)23/h5-14,20H,1-4H3,(H,21,22)/t14-,24+/m1/s1. The Hall–Kier alpha value is -2.14. The molecule has 0 unspecified atom stereocenters. The highest BCUT2D eigenvalue weighted by atomic mass is 32.2. The molecule has 0 radical (unpaired) electrons. The van der Waals surface area contributed by atoms with Crippen molar-refractivity contribution in [2.75, 3.05) is 16.9 Å². The summed E-state index contributed by atoms with van der Waals surface area (Å²) in [5.74, 6) is -0.0271. The average molecular weight is 344 g/mol. The number of hydrogen-bond donors (Lipinski definition) is 2. The lowest BCUT2D eigenvalue weighted by Crippen LogP contribution is -2.17. The van der Waals surface area contributed by atoms with E-state index >= 15 is 0 Å². The molecular formula is C19H24N2O2S. The maximum absolute atomic E-state index is 11.7. The molecule has 0 aliphatic carbocycles. The van der Waals surface area contributed by atoms with Gasteiger partial charge in [0, 0.05) is 45.3 Å². The molecule has 0 heterocycles. The van der Waals surface area contributed by atoms with Crippen molar-refractivity contribution in [1.29, 1.82) is 0 Å². The van der Waals surface area contributed by atoms with E-state index in [0.29, 0.717) is 0 Å². The van der Waals surface area contributed by atoms with Gasteiger partial charge in [-0.2, -0.15) is 0 Å². The number of rotatable bonds is 6. The summed E-state index contributed by atoms with van der Waals surface area (Å²) in [5, 5.41) is 6.30. The van der Waals surface area contributed by atoms with Crippen LogP contribution in [0.2, 0.25) is 0 Å². The van der Waals surface area contributed by atoms with Crippen LogP contribution in [0, 0.1) is 5.92 Å². The SMILES string of the molecule is CC(C)C(=O)Nc1ccc(N[C@H](C)c2ccc([S@](C)=O)cc2)cc1. The molecule has 2 aromatic rings. The van der Waals surface area contributed by atoms with E-state index in [2.05, 4.69) is 17.6 Å². The molecule has 2 atom stereocenters. The molecule has 128 valence electrons. The second-order valence-electron chi connectivity index (χ2n) is 6.11. The number of benzene rings is 2. The second kappa shape index (κ2) is 8.11. The Morgan fingerprint density at radius 1 is 0.917 bits per heavy atom. The molecule has 2 N–H and O–H groups in total. The molecule has 1 amide bonds. The van der Waals surface area contributed by atoms with Crippen molar-refractivity contribution >= 4 is 28.1 Å². The van der Waals surface area contributed by atoms with Crippen molar-refractivity contribution in [3.63, 3.8) is 0 Å². The van der Waals surface area contributed by atoms with Gasteiger partial charge in [-0.1, -0.05) is 26.0 Å². The van der Waals surface area contributed by atoms with E-state index in [-0.39, 0.29) is 17.9 Å². The number of hydrogen-bond acceptors (Lipinski definition) is 3. The first-order valence-corrected chi connectivity index (χ1v) is 9.53. The summed E-state index contributed by atoms with van der Waals surface area (Å²) in [6.45, 7) is 5.81. The van der Waals surface area contributed by atoms with Crippen LogP contribution in [0.1, 0.15) is 32.4 Å². The van der Waals surface area contributed by atoms with Gasteiger partial charge in [-0.25, -0.2) is 0 Å². The van der Waals surface area contributed by atoms with Crippen LogP contribution >= 0.6 is 0 Å². The maximum Gasteiger partial charge on any atom is 0.226 e. The predicted octanol–water partition coefficient (Wildman–Crippen LogP) is 4.19. The Morgan fingerprint density at radius 2 is 1.46 bits per heavy atom. The first-order valence-electron chi connectivity index (χ1n) is 7.97. The third kappa shape index (κ3) is 4.93. The smallest absolute Gasteiger partial charge is 0.226 e. The zero-order valence-electron chi connectivity index (χ0n) is 14.5. The number of carbonyl (C=O) groups excluding carboxylic acids is 1. The zero-order valence-corrected chi connectivity index (χ0v) is 15.3. The normalized spacial score (nSPS) is 13.4. The minimum atomic E-state index is -0.954. The fourth-order valence-electron chi connectivity index (χ4n) is 2.22. The van der Waals surface area contributed by atoms with Crippen LogP contribution in [0.15, 0.2) is 53.4 Å². The van der Waals surface area contributed by atoms with Gasteiger partial charge in [0.25, 0.3) is 0 Å². The van der Waals surface area contributed by atoms with Crippen molar-refractivity contribution < 1.29 is 9.00 Å². The van der Waals surface area contributed by atoms with E-state index in [4.69, 9.17) is 0 Å². The quantitative estimate of drug-likeness (QED) is 0.826. The first kappa shape index (κ1) is 18.2. The van der Waals surface area contributed by atoms with E-state index < -0.39 is 10.8 Å². The van der Waals surface area contributed by atoms with Gasteiger partial charge in [0.2, 0.25) is 5.91 Å². The first-order chi connectivity index (χ1) is 11.4. The number of amides is 1.